The standard InChI is InChI=1S/C22H25N3O2S/c23-22-25-19(15-28-22)14-21(27)24-18-12-10-16(11-13-18)6-4-5-9-20(26)17-7-2-1-3-8-17/h1-3,7-8,10-13,15,20,26H,4-6,9,14H2,(H2,23,25)(H,24,27)/t20-/m0/s1/i4D2,6D2,10D,11D,12D,13D,15D,20D. The maximum atomic E-state index is 12.5. The van der Waals surface area contributed by atoms with Gasteiger partial charge in [-0.05, 0) is 42.4 Å². The van der Waals surface area contributed by atoms with Gasteiger partial charge in [-0.2, -0.15) is 0 Å². The summed E-state index contributed by atoms with van der Waals surface area (Å²) in [6.45, 7) is 0. The highest BCUT2D eigenvalue weighted by Crippen LogP contribution is 2.20. The van der Waals surface area contributed by atoms with Crippen molar-refractivity contribution in [2.45, 2.75) is 38.1 Å². The van der Waals surface area contributed by atoms with Crippen molar-refractivity contribution in [1.82, 2.24) is 4.98 Å². The molecule has 1 atom stereocenters. The third-order valence-electron chi connectivity index (χ3n) is 3.54. The molecule has 6 heteroatoms. The van der Waals surface area contributed by atoms with E-state index in [1.165, 1.54) is 12.1 Å². The van der Waals surface area contributed by atoms with Crippen LogP contribution in [0.3, 0.4) is 0 Å². The summed E-state index contributed by atoms with van der Waals surface area (Å²) < 4.78 is 82.7. The lowest BCUT2D eigenvalue weighted by Crippen LogP contribution is -2.14. The van der Waals surface area contributed by atoms with Gasteiger partial charge in [0.2, 0.25) is 5.91 Å². The van der Waals surface area contributed by atoms with Crippen molar-refractivity contribution < 1.29 is 23.6 Å². The van der Waals surface area contributed by atoms with Crippen LogP contribution in [0.5, 0.6) is 0 Å². The zero-order valence-electron chi connectivity index (χ0n) is 24.8. The molecule has 0 saturated carbocycles. The molecule has 146 valence electrons. The van der Waals surface area contributed by atoms with Crippen LogP contribution in [0.2, 0.25) is 0 Å². The highest BCUT2D eigenvalue weighted by molar-refractivity contribution is 7.13. The number of nitrogens with one attached hydrogen (secondary N) is 1. The molecule has 3 aromatic rings. The van der Waals surface area contributed by atoms with Gasteiger partial charge in [-0.1, -0.05) is 48.8 Å². The number of aromatic nitrogens is 1. The number of nitrogens with two attached hydrogens (primary N) is 1. The molecule has 1 heterocycles. The number of carbonyl (C=O) groups is 1. The van der Waals surface area contributed by atoms with Gasteiger partial charge in [-0.25, -0.2) is 4.98 Å². The molecule has 0 spiro atoms. The Morgan fingerprint density at radius 3 is 2.75 bits per heavy atom. The lowest BCUT2D eigenvalue weighted by molar-refractivity contribution is -0.115. The fourth-order valence-electron chi connectivity index (χ4n) is 2.25. The number of carbonyl (C=O) groups excluding carboxylic acids is 1. The summed E-state index contributed by atoms with van der Waals surface area (Å²) in [5, 5.41) is 12.8. The molecule has 0 radical (unpaired) electrons. The van der Waals surface area contributed by atoms with E-state index in [-0.39, 0.29) is 21.7 Å². The fraction of sp³-hybridized carbons (Fsp3) is 0.273. The average Bonchev–Trinajstić information content (AvgIpc) is 3.16. The molecule has 2 aromatic carbocycles. The first kappa shape index (κ1) is 10.7. The molecule has 0 aliphatic carbocycles. The van der Waals surface area contributed by atoms with Crippen LogP contribution in [0.25, 0.3) is 0 Å². The number of benzene rings is 2. The Labute approximate surface area is 183 Å². The maximum Gasteiger partial charge on any atom is 0.230 e. The van der Waals surface area contributed by atoms with Gasteiger partial charge in [0.05, 0.1) is 26.4 Å². The SMILES string of the molecule is [2H]c1sc(N)nc1CC(=O)Nc1c([2H])c([2H])c(C([2H])([2H])C([2H])([2H])CC[C@]([2H])(O)c2ccccc2)c([2H])c1[2H]. The minimum absolute atomic E-state index is 0.0465. The van der Waals surface area contributed by atoms with E-state index >= 15 is 0 Å². The van der Waals surface area contributed by atoms with E-state index in [2.05, 4.69) is 10.3 Å². The quantitative estimate of drug-likeness (QED) is 0.494. The Morgan fingerprint density at radius 1 is 1.32 bits per heavy atom. The average molecular weight is 406 g/mol. The van der Waals surface area contributed by atoms with Gasteiger partial charge >= 0.3 is 0 Å². The second-order valence-corrected chi connectivity index (χ2v) is 6.52. The first-order valence-electron chi connectivity index (χ1n) is 13.4. The third-order valence-corrected chi connectivity index (χ3v) is 4.18. The highest BCUT2D eigenvalue weighted by Gasteiger charge is 2.08. The van der Waals surface area contributed by atoms with Crippen molar-refractivity contribution >= 4 is 28.1 Å². The minimum Gasteiger partial charge on any atom is -0.388 e. The number of anilines is 2. The summed E-state index contributed by atoms with van der Waals surface area (Å²) in [6.07, 6.45) is -9.73. The Kier molecular flexibility index (Phi) is 3.84. The van der Waals surface area contributed by atoms with E-state index in [4.69, 9.17) is 19.4 Å². The van der Waals surface area contributed by atoms with Crippen LogP contribution in [0.15, 0.2) is 59.9 Å². The van der Waals surface area contributed by atoms with Crippen LogP contribution in [0, 0.1) is 0 Å². The van der Waals surface area contributed by atoms with Crippen molar-refractivity contribution in [2.75, 3.05) is 11.1 Å². The van der Waals surface area contributed by atoms with Gasteiger partial charge in [0.15, 0.2) is 5.13 Å². The highest BCUT2D eigenvalue weighted by atomic mass is 32.1. The molecule has 3 rings (SSSR count). The Hall–Kier alpha value is -2.70. The number of nitrogen functional groups attached to an aromatic ring is 1. The number of thiazole rings is 1. The van der Waals surface area contributed by atoms with Crippen molar-refractivity contribution in [3.8, 4) is 0 Å². The van der Waals surface area contributed by atoms with Crippen LogP contribution in [0.4, 0.5) is 10.8 Å². The predicted molar refractivity (Wildman–Crippen MR) is 114 cm³/mol. The van der Waals surface area contributed by atoms with Crippen LogP contribution >= 0.6 is 11.3 Å². The van der Waals surface area contributed by atoms with E-state index in [0.717, 1.165) is 11.3 Å². The largest absolute Gasteiger partial charge is 0.388 e. The summed E-state index contributed by atoms with van der Waals surface area (Å²) in [4.78, 5) is 16.3. The van der Waals surface area contributed by atoms with Gasteiger partial charge < -0.3 is 16.2 Å². The van der Waals surface area contributed by atoms with Crippen molar-refractivity contribution in [3.63, 3.8) is 0 Å². The van der Waals surface area contributed by atoms with Crippen molar-refractivity contribution in [1.29, 1.82) is 0 Å². The third kappa shape index (κ3) is 6.18. The minimum atomic E-state index is -3.07. The van der Waals surface area contributed by atoms with Gasteiger partial charge in [0.25, 0.3) is 0 Å². The zero-order chi connectivity index (χ0) is 28.6. The molecular formula is C22H25N3O2S. The second kappa shape index (κ2) is 10.0. The summed E-state index contributed by atoms with van der Waals surface area (Å²) in [5.74, 6) is -0.800. The monoisotopic (exact) mass is 405 g/mol. The van der Waals surface area contributed by atoms with Crippen LogP contribution < -0.4 is 11.1 Å². The molecular weight excluding hydrogens is 370 g/mol. The molecule has 1 amide bonds. The molecule has 0 aliphatic rings. The molecule has 1 aromatic heterocycles. The molecule has 0 saturated heterocycles. The lowest BCUT2D eigenvalue weighted by atomic mass is 10.0. The van der Waals surface area contributed by atoms with Gasteiger partial charge in [0, 0.05) is 16.5 Å². The Balaban J connectivity index is 1.89. The maximum absolute atomic E-state index is 12.5. The number of hydrogen-bond donors (Lipinski definition) is 3. The molecule has 5 nitrogen and oxygen atoms in total. The molecule has 0 unspecified atom stereocenters. The van der Waals surface area contributed by atoms with E-state index in [0.29, 0.717) is 0 Å². The molecule has 0 aliphatic heterocycles. The number of amides is 1. The summed E-state index contributed by atoms with van der Waals surface area (Å²) >= 11 is 0.854. The zero-order valence-corrected chi connectivity index (χ0v) is 15.6. The van der Waals surface area contributed by atoms with Gasteiger partial charge in [0.1, 0.15) is 0 Å². The van der Waals surface area contributed by atoms with Crippen molar-refractivity contribution in [3.05, 3.63) is 76.7 Å². The molecule has 0 fully saturated rings. The smallest absolute Gasteiger partial charge is 0.230 e. The lowest BCUT2D eigenvalue weighted by Gasteiger charge is -2.10. The number of nitrogens with zero attached hydrogens (tertiary/aromatic N) is 1. The number of hydrogen-bond acceptors (Lipinski definition) is 5. The van der Waals surface area contributed by atoms with Crippen molar-refractivity contribution in [2.24, 2.45) is 0 Å². The van der Waals surface area contributed by atoms with Crippen LogP contribution in [-0.2, 0) is 17.6 Å². The Morgan fingerprint density at radius 2 is 2.07 bits per heavy atom. The van der Waals surface area contributed by atoms with E-state index in [9.17, 15) is 9.90 Å². The first-order chi connectivity index (χ1) is 17.5. The fourth-order valence-corrected chi connectivity index (χ4v) is 2.74. The number of aliphatic hydroxyl groups is 1. The normalized spacial score (nSPS) is 19.2. The number of rotatable bonds is 9. The molecule has 0 bridgehead atoms. The van der Waals surface area contributed by atoms with Gasteiger partial charge in [-0.3, -0.25) is 4.79 Å². The Bertz CT molecular complexity index is 1320. The van der Waals surface area contributed by atoms with Crippen LogP contribution in [-0.4, -0.2) is 16.0 Å². The first-order valence-corrected chi connectivity index (χ1v) is 9.21. The predicted octanol–water partition coefficient (Wildman–Crippen LogP) is 4.35. The molecule has 4 N–H and O–H groups in total. The van der Waals surface area contributed by atoms with Gasteiger partial charge in [-0.15, -0.1) is 11.3 Å². The van der Waals surface area contributed by atoms with Crippen LogP contribution in [0.1, 0.15) is 55.8 Å². The summed E-state index contributed by atoms with van der Waals surface area (Å²) in [7, 11) is 0. The summed E-state index contributed by atoms with van der Waals surface area (Å²) in [5.41, 5.74) is 4.36. The summed E-state index contributed by atoms with van der Waals surface area (Å²) in [6, 6.07) is 4.43. The topological polar surface area (TPSA) is 88.2 Å². The second-order valence-electron chi connectivity index (χ2n) is 5.69. The van der Waals surface area contributed by atoms with E-state index in [1.807, 2.05) is 0 Å². The molecule has 28 heavy (non-hydrogen) atoms. The van der Waals surface area contributed by atoms with E-state index < -0.39 is 79.4 Å². The van der Waals surface area contributed by atoms with E-state index in [1.54, 1.807) is 18.2 Å².